The highest BCUT2D eigenvalue weighted by Crippen LogP contribution is 2.20. The van der Waals surface area contributed by atoms with Crippen LogP contribution in [0.5, 0.6) is 0 Å². The SMILES string of the molecule is CCOCCN(CCOCC)c1ncc(Br)cc1C. The van der Waals surface area contributed by atoms with Gasteiger partial charge in [0, 0.05) is 37.0 Å². The van der Waals surface area contributed by atoms with Gasteiger partial charge >= 0.3 is 0 Å². The third-order valence-electron chi connectivity index (χ3n) is 2.74. The monoisotopic (exact) mass is 330 g/mol. The van der Waals surface area contributed by atoms with Crippen molar-refractivity contribution >= 4 is 21.7 Å². The van der Waals surface area contributed by atoms with Crippen LogP contribution in [0.15, 0.2) is 16.7 Å². The van der Waals surface area contributed by atoms with Gasteiger partial charge < -0.3 is 14.4 Å². The van der Waals surface area contributed by atoms with Gasteiger partial charge in [-0.05, 0) is 48.3 Å². The van der Waals surface area contributed by atoms with Crippen LogP contribution in [0.2, 0.25) is 0 Å². The molecule has 0 aliphatic carbocycles. The maximum Gasteiger partial charge on any atom is 0.131 e. The number of rotatable bonds is 9. The first-order chi connectivity index (χ1) is 9.19. The molecule has 5 heteroatoms. The number of anilines is 1. The van der Waals surface area contributed by atoms with Crippen LogP contribution >= 0.6 is 15.9 Å². The van der Waals surface area contributed by atoms with E-state index in [-0.39, 0.29) is 0 Å². The minimum atomic E-state index is 0.708. The van der Waals surface area contributed by atoms with E-state index in [1.165, 1.54) is 0 Å². The third-order valence-corrected chi connectivity index (χ3v) is 3.17. The van der Waals surface area contributed by atoms with Crippen molar-refractivity contribution in [3.8, 4) is 0 Å². The Morgan fingerprint density at radius 3 is 2.21 bits per heavy atom. The van der Waals surface area contributed by atoms with Gasteiger partial charge in [0.05, 0.1) is 13.2 Å². The first-order valence-corrected chi connectivity index (χ1v) is 7.50. The van der Waals surface area contributed by atoms with Crippen molar-refractivity contribution in [3.63, 3.8) is 0 Å². The molecular formula is C14H23BrN2O2. The van der Waals surface area contributed by atoms with Gasteiger partial charge in [0.15, 0.2) is 0 Å². The molecule has 19 heavy (non-hydrogen) atoms. The normalized spacial score (nSPS) is 10.7. The van der Waals surface area contributed by atoms with E-state index in [9.17, 15) is 0 Å². The van der Waals surface area contributed by atoms with Gasteiger partial charge in [0.2, 0.25) is 0 Å². The number of ether oxygens (including phenoxy) is 2. The molecule has 0 aromatic carbocycles. The molecule has 0 N–H and O–H groups in total. The Labute approximate surface area is 124 Å². The van der Waals surface area contributed by atoms with Crippen LogP contribution in [0.1, 0.15) is 19.4 Å². The number of pyridine rings is 1. The highest BCUT2D eigenvalue weighted by Gasteiger charge is 2.11. The second-order valence-electron chi connectivity index (χ2n) is 4.17. The van der Waals surface area contributed by atoms with Gasteiger partial charge in [-0.2, -0.15) is 0 Å². The standard InChI is InChI=1S/C14H23BrN2O2/c1-4-18-8-6-17(7-9-19-5-2)14-12(3)10-13(15)11-16-14/h10-11H,4-9H2,1-3H3. The smallest absolute Gasteiger partial charge is 0.131 e. The number of hydrogen-bond donors (Lipinski definition) is 0. The molecule has 0 saturated carbocycles. The fraction of sp³-hybridized carbons (Fsp3) is 0.643. The number of halogens is 1. The molecule has 0 saturated heterocycles. The first kappa shape index (κ1) is 16.4. The molecule has 0 amide bonds. The highest BCUT2D eigenvalue weighted by molar-refractivity contribution is 9.10. The van der Waals surface area contributed by atoms with E-state index < -0.39 is 0 Å². The van der Waals surface area contributed by atoms with Crippen molar-refractivity contribution in [2.24, 2.45) is 0 Å². The molecule has 0 spiro atoms. The Morgan fingerprint density at radius 2 is 1.74 bits per heavy atom. The Hall–Kier alpha value is -0.650. The lowest BCUT2D eigenvalue weighted by atomic mass is 10.2. The Bertz CT molecular complexity index is 364. The average molecular weight is 331 g/mol. The Kier molecular flexibility index (Phi) is 8.02. The van der Waals surface area contributed by atoms with Crippen LogP contribution in [0.25, 0.3) is 0 Å². The van der Waals surface area contributed by atoms with Crippen LogP contribution in [-0.4, -0.2) is 44.5 Å². The van der Waals surface area contributed by atoms with E-state index in [0.29, 0.717) is 13.2 Å². The van der Waals surface area contributed by atoms with Crippen molar-refractivity contribution in [1.29, 1.82) is 0 Å². The number of nitrogens with zero attached hydrogens (tertiary/aromatic N) is 2. The van der Waals surface area contributed by atoms with Gasteiger partial charge in [-0.15, -0.1) is 0 Å². The summed E-state index contributed by atoms with van der Waals surface area (Å²) in [6.45, 7) is 10.6. The third kappa shape index (κ3) is 5.89. The summed E-state index contributed by atoms with van der Waals surface area (Å²) in [5, 5.41) is 0. The maximum absolute atomic E-state index is 5.44. The summed E-state index contributed by atoms with van der Waals surface area (Å²) in [6.07, 6.45) is 1.83. The molecule has 108 valence electrons. The maximum atomic E-state index is 5.44. The fourth-order valence-electron chi connectivity index (χ4n) is 1.83. The second kappa shape index (κ2) is 9.28. The van der Waals surface area contributed by atoms with Crippen molar-refractivity contribution < 1.29 is 9.47 Å². The largest absolute Gasteiger partial charge is 0.380 e. The van der Waals surface area contributed by atoms with E-state index in [4.69, 9.17) is 9.47 Å². The molecule has 1 aromatic heterocycles. The van der Waals surface area contributed by atoms with E-state index >= 15 is 0 Å². The summed E-state index contributed by atoms with van der Waals surface area (Å²) < 4.78 is 11.9. The second-order valence-corrected chi connectivity index (χ2v) is 5.09. The van der Waals surface area contributed by atoms with E-state index in [2.05, 4.69) is 38.8 Å². The molecule has 0 unspecified atom stereocenters. The molecule has 0 atom stereocenters. The Balaban J connectivity index is 2.69. The van der Waals surface area contributed by atoms with Crippen LogP contribution in [0.3, 0.4) is 0 Å². The average Bonchev–Trinajstić information content (AvgIpc) is 2.38. The minimum Gasteiger partial charge on any atom is -0.380 e. The van der Waals surface area contributed by atoms with Gasteiger partial charge in [-0.1, -0.05) is 0 Å². The van der Waals surface area contributed by atoms with Crippen LogP contribution < -0.4 is 4.90 Å². The van der Waals surface area contributed by atoms with E-state index in [1.54, 1.807) is 0 Å². The number of aryl methyl sites for hydroxylation is 1. The molecule has 0 aliphatic heterocycles. The van der Waals surface area contributed by atoms with Crippen molar-refractivity contribution in [1.82, 2.24) is 4.98 Å². The van der Waals surface area contributed by atoms with Gasteiger partial charge in [-0.3, -0.25) is 0 Å². The lowest BCUT2D eigenvalue weighted by Gasteiger charge is -2.25. The van der Waals surface area contributed by atoms with E-state index in [1.807, 2.05) is 20.0 Å². The number of hydrogen-bond acceptors (Lipinski definition) is 4. The summed E-state index contributed by atoms with van der Waals surface area (Å²) >= 11 is 3.44. The summed E-state index contributed by atoms with van der Waals surface area (Å²) in [7, 11) is 0. The van der Waals surface area contributed by atoms with E-state index in [0.717, 1.165) is 42.2 Å². The summed E-state index contributed by atoms with van der Waals surface area (Å²) in [4.78, 5) is 6.72. The fourth-order valence-corrected chi connectivity index (χ4v) is 2.27. The van der Waals surface area contributed by atoms with Crippen molar-refractivity contribution in [2.75, 3.05) is 44.4 Å². The lowest BCUT2D eigenvalue weighted by molar-refractivity contribution is 0.141. The van der Waals surface area contributed by atoms with Gasteiger partial charge in [0.25, 0.3) is 0 Å². The first-order valence-electron chi connectivity index (χ1n) is 6.71. The summed E-state index contributed by atoms with van der Waals surface area (Å²) in [6, 6.07) is 2.08. The Morgan fingerprint density at radius 1 is 1.16 bits per heavy atom. The quantitative estimate of drug-likeness (QED) is 0.652. The zero-order chi connectivity index (χ0) is 14.1. The molecule has 0 aliphatic rings. The van der Waals surface area contributed by atoms with Crippen LogP contribution in [0.4, 0.5) is 5.82 Å². The summed E-state index contributed by atoms with van der Waals surface area (Å²) in [5.41, 5.74) is 1.15. The molecule has 4 nitrogen and oxygen atoms in total. The molecule has 0 radical (unpaired) electrons. The topological polar surface area (TPSA) is 34.6 Å². The predicted octanol–water partition coefficient (Wildman–Crippen LogP) is 3.03. The zero-order valence-electron chi connectivity index (χ0n) is 12.0. The summed E-state index contributed by atoms with van der Waals surface area (Å²) in [5.74, 6) is 1.00. The van der Waals surface area contributed by atoms with Crippen LogP contribution in [0, 0.1) is 6.92 Å². The van der Waals surface area contributed by atoms with Gasteiger partial charge in [-0.25, -0.2) is 4.98 Å². The lowest BCUT2D eigenvalue weighted by Crippen LogP contribution is -2.32. The molecule has 1 rings (SSSR count). The molecule has 1 heterocycles. The number of aromatic nitrogens is 1. The molecule has 0 bridgehead atoms. The molecular weight excluding hydrogens is 308 g/mol. The molecule has 1 aromatic rings. The zero-order valence-corrected chi connectivity index (χ0v) is 13.6. The highest BCUT2D eigenvalue weighted by atomic mass is 79.9. The van der Waals surface area contributed by atoms with Crippen molar-refractivity contribution in [2.45, 2.75) is 20.8 Å². The van der Waals surface area contributed by atoms with Crippen molar-refractivity contribution in [3.05, 3.63) is 22.3 Å². The van der Waals surface area contributed by atoms with Gasteiger partial charge in [0.1, 0.15) is 5.82 Å². The predicted molar refractivity (Wildman–Crippen MR) is 81.9 cm³/mol. The minimum absolute atomic E-state index is 0.708. The van der Waals surface area contributed by atoms with Crippen LogP contribution in [-0.2, 0) is 9.47 Å². The molecule has 0 fully saturated rings.